The first-order valence-electron chi connectivity index (χ1n) is 11.0. The zero-order valence-corrected chi connectivity index (χ0v) is 20.0. The lowest BCUT2D eigenvalue weighted by Crippen LogP contribution is -2.61. The maximum Gasteiger partial charge on any atom is 0.0745 e. The fraction of sp³-hybridized carbons (Fsp3) is 1.00. The normalized spacial score (nSPS) is 28.8. The summed E-state index contributed by atoms with van der Waals surface area (Å²) in [4.78, 5) is 12.0. The molecule has 0 atom stereocenters. The number of piperidine rings is 2. The second-order valence-corrected chi connectivity index (χ2v) is 11.0. The molecule has 0 aromatic rings. The Bertz CT molecular complexity index is 473. The van der Waals surface area contributed by atoms with Crippen molar-refractivity contribution in [3.63, 3.8) is 0 Å². The van der Waals surface area contributed by atoms with Crippen LogP contribution in [0.4, 0.5) is 0 Å². The van der Waals surface area contributed by atoms with Crippen molar-refractivity contribution in [1.29, 1.82) is 0 Å². The predicted octanol–water partition coefficient (Wildman–Crippen LogP) is 5.38. The second-order valence-electron chi connectivity index (χ2n) is 11.0. The Kier molecular flexibility index (Phi) is 7.02. The van der Waals surface area contributed by atoms with Gasteiger partial charge in [0.05, 0.1) is 25.3 Å². The molecule has 2 aliphatic heterocycles. The molecule has 0 N–H and O–H groups in total. The molecule has 0 saturated carbocycles. The Labute approximate surface area is 172 Å². The Balaban J connectivity index is 2.12. The van der Waals surface area contributed by atoms with Crippen LogP contribution in [0.2, 0.25) is 0 Å². The molecule has 28 heavy (non-hydrogen) atoms. The van der Waals surface area contributed by atoms with Gasteiger partial charge in [0.2, 0.25) is 0 Å². The third-order valence-corrected chi connectivity index (χ3v) is 6.05. The quantitative estimate of drug-likeness (QED) is 0.565. The van der Waals surface area contributed by atoms with Gasteiger partial charge in [-0.2, -0.15) is 20.4 Å². The molecule has 0 aliphatic carbocycles. The van der Waals surface area contributed by atoms with Crippen molar-refractivity contribution < 1.29 is 9.68 Å². The lowest BCUT2D eigenvalue weighted by Gasteiger charge is -2.53. The lowest BCUT2D eigenvalue weighted by atomic mass is 9.79. The van der Waals surface area contributed by atoms with Crippen LogP contribution in [0.25, 0.3) is 0 Å². The molecule has 2 saturated heterocycles. The number of rotatable bonds is 6. The van der Waals surface area contributed by atoms with E-state index in [9.17, 15) is 0 Å². The average molecular weight is 397 g/mol. The molecule has 6 nitrogen and oxygen atoms in total. The van der Waals surface area contributed by atoms with Crippen molar-refractivity contribution in [2.24, 2.45) is 10.2 Å². The van der Waals surface area contributed by atoms with Gasteiger partial charge in [0, 0.05) is 22.2 Å². The summed E-state index contributed by atoms with van der Waals surface area (Å²) in [6.07, 6.45) is 3.85. The Morgan fingerprint density at radius 2 is 0.857 bits per heavy atom. The number of hydroxylamine groups is 4. The molecule has 0 amide bonds. The van der Waals surface area contributed by atoms with Crippen LogP contribution in [0.5, 0.6) is 0 Å². The minimum absolute atomic E-state index is 0.0572. The molecule has 2 aliphatic rings. The van der Waals surface area contributed by atoms with Crippen LogP contribution < -0.4 is 0 Å². The van der Waals surface area contributed by atoms with E-state index < -0.39 is 0 Å². The zero-order chi connectivity index (χ0) is 21.4. The zero-order valence-electron chi connectivity index (χ0n) is 20.0. The van der Waals surface area contributed by atoms with Crippen molar-refractivity contribution in [2.45, 2.75) is 129 Å². The Morgan fingerprint density at radius 1 is 0.607 bits per heavy atom. The monoisotopic (exact) mass is 396 g/mol. The summed E-state index contributed by atoms with van der Waals surface area (Å²) in [5.41, 5.74) is -0.229. The van der Waals surface area contributed by atoms with Crippen LogP contribution in [0.1, 0.15) is 94.9 Å². The van der Waals surface area contributed by atoms with E-state index >= 15 is 0 Å². The molecule has 0 radical (unpaired) electrons. The van der Waals surface area contributed by atoms with Gasteiger partial charge >= 0.3 is 0 Å². The van der Waals surface area contributed by atoms with E-state index in [0.29, 0.717) is 13.2 Å². The third-order valence-electron chi connectivity index (χ3n) is 6.05. The summed E-state index contributed by atoms with van der Waals surface area (Å²) in [7, 11) is 0. The molecule has 2 fully saturated rings. The van der Waals surface area contributed by atoms with E-state index in [1.54, 1.807) is 0 Å². The molecule has 6 heteroatoms. The van der Waals surface area contributed by atoms with Crippen LogP contribution in [0.15, 0.2) is 10.2 Å². The first-order valence-corrected chi connectivity index (χ1v) is 11.0. The largest absolute Gasteiger partial charge is 0.298 e. The summed E-state index contributed by atoms with van der Waals surface area (Å²) in [6, 6.07) is 0.468. The van der Waals surface area contributed by atoms with Crippen LogP contribution in [0.3, 0.4) is 0 Å². The van der Waals surface area contributed by atoms with Gasteiger partial charge < -0.3 is 0 Å². The van der Waals surface area contributed by atoms with Crippen LogP contribution >= 0.6 is 0 Å². The van der Waals surface area contributed by atoms with E-state index in [-0.39, 0.29) is 34.2 Å². The minimum Gasteiger partial charge on any atom is -0.298 e. The Morgan fingerprint density at radius 3 is 1.07 bits per heavy atom. The topological polar surface area (TPSA) is 49.7 Å². The minimum atomic E-state index is -0.0572. The van der Waals surface area contributed by atoms with E-state index in [1.165, 1.54) is 0 Å². The number of nitrogens with zero attached hydrogens (tertiary/aromatic N) is 4. The maximum absolute atomic E-state index is 5.99. The van der Waals surface area contributed by atoms with Crippen molar-refractivity contribution in [3.8, 4) is 0 Å². The molecule has 0 spiro atoms. The first kappa shape index (κ1) is 23.7. The maximum atomic E-state index is 5.99. The van der Waals surface area contributed by atoms with Gasteiger partial charge in [0.15, 0.2) is 0 Å². The number of azo groups is 1. The third kappa shape index (κ3) is 5.13. The first-order chi connectivity index (χ1) is 12.7. The summed E-state index contributed by atoms with van der Waals surface area (Å²) in [6.45, 7) is 23.5. The van der Waals surface area contributed by atoms with Crippen LogP contribution in [-0.4, -0.2) is 57.6 Å². The van der Waals surface area contributed by atoms with E-state index in [0.717, 1.165) is 25.7 Å². The summed E-state index contributed by atoms with van der Waals surface area (Å²) >= 11 is 0. The van der Waals surface area contributed by atoms with Crippen molar-refractivity contribution >= 4 is 0 Å². The molecule has 0 aromatic carbocycles. The average Bonchev–Trinajstić information content (AvgIpc) is 2.51. The van der Waals surface area contributed by atoms with Crippen molar-refractivity contribution in [3.05, 3.63) is 0 Å². The van der Waals surface area contributed by atoms with E-state index in [2.05, 4.69) is 79.4 Å². The molecule has 2 rings (SSSR count). The fourth-order valence-corrected chi connectivity index (χ4v) is 5.73. The van der Waals surface area contributed by atoms with Gasteiger partial charge in [-0.25, -0.2) is 0 Å². The lowest BCUT2D eigenvalue weighted by molar-refractivity contribution is -0.281. The molecule has 0 unspecified atom stereocenters. The highest BCUT2D eigenvalue weighted by atomic mass is 16.7. The van der Waals surface area contributed by atoms with Crippen LogP contribution in [0, 0.1) is 0 Å². The smallest absolute Gasteiger partial charge is 0.0745 e. The van der Waals surface area contributed by atoms with E-state index in [4.69, 9.17) is 19.9 Å². The van der Waals surface area contributed by atoms with Gasteiger partial charge in [-0.05, 0) is 94.9 Å². The highest BCUT2D eigenvalue weighted by Gasteiger charge is 2.48. The van der Waals surface area contributed by atoms with E-state index in [1.807, 2.05) is 0 Å². The highest BCUT2D eigenvalue weighted by Crippen LogP contribution is 2.42. The van der Waals surface area contributed by atoms with Gasteiger partial charge in [-0.3, -0.25) is 9.68 Å². The highest BCUT2D eigenvalue weighted by molar-refractivity contribution is 5.01. The predicted molar refractivity (Wildman–Crippen MR) is 114 cm³/mol. The second kappa shape index (κ2) is 8.29. The molecule has 0 bridgehead atoms. The molecular formula is C22H44N4O2. The molecular weight excluding hydrogens is 352 g/mol. The van der Waals surface area contributed by atoms with Crippen LogP contribution in [-0.2, 0) is 9.68 Å². The SMILES string of the molecule is CCON1C(C)(C)CC(N=NC2CC(C)(C)N(OCC)C(C)(C)C2)CC1(C)C. The van der Waals surface area contributed by atoms with Crippen molar-refractivity contribution in [2.75, 3.05) is 13.2 Å². The molecule has 0 aromatic heterocycles. The van der Waals surface area contributed by atoms with Gasteiger partial charge in [-0.1, -0.05) is 0 Å². The standard InChI is InChI=1S/C22H44N4O2/c1-11-27-25-19(3,4)13-17(14-20(25,5)6)23-24-18-15-21(7,8)26(28-12-2)22(9,10)16-18/h17-18H,11-16H2,1-10H3. The van der Waals surface area contributed by atoms with Gasteiger partial charge in [-0.15, -0.1) is 0 Å². The summed E-state index contributed by atoms with van der Waals surface area (Å²) in [5, 5.41) is 14.1. The Hall–Kier alpha value is -0.560. The molecule has 2 heterocycles. The molecule has 164 valence electrons. The fourth-order valence-electron chi connectivity index (χ4n) is 5.73. The summed E-state index contributed by atoms with van der Waals surface area (Å²) < 4.78 is 0. The number of hydrogen-bond acceptors (Lipinski definition) is 6. The van der Waals surface area contributed by atoms with Crippen molar-refractivity contribution in [1.82, 2.24) is 10.1 Å². The van der Waals surface area contributed by atoms with Gasteiger partial charge in [0.25, 0.3) is 0 Å². The summed E-state index contributed by atoms with van der Waals surface area (Å²) in [5.74, 6) is 0. The number of hydrogen-bond donors (Lipinski definition) is 0. The van der Waals surface area contributed by atoms with Gasteiger partial charge in [0.1, 0.15) is 0 Å².